The van der Waals surface area contributed by atoms with Crippen LogP contribution < -0.4 is 10.6 Å². The van der Waals surface area contributed by atoms with E-state index in [4.69, 9.17) is 0 Å². The molecule has 1 aromatic carbocycles. The molecular weight excluding hydrogens is 308 g/mol. The zero-order valence-corrected chi connectivity index (χ0v) is 16.4. The second kappa shape index (κ2) is 14.8. The molecule has 0 bridgehead atoms. The van der Waals surface area contributed by atoms with Gasteiger partial charge in [-0.25, -0.2) is 4.79 Å². The third-order valence-electron chi connectivity index (χ3n) is 4.63. The Morgan fingerprint density at radius 3 is 1.76 bits per heavy atom. The highest BCUT2D eigenvalue weighted by molar-refractivity contribution is 5.89. The predicted octanol–water partition coefficient (Wildman–Crippen LogP) is 6.82. The molecule has 0 saturated heterocycles. The van der Waals surface area contributed by atoms with Gasteiger partial charge in [-0.15, -0.1) is 0 Å². The number of carbonyl (C=O) groups excluding carboxylic acids is 1. The number of hydrogen-bond acceptors (Lipinski definition) is 1. The number of rotatable bonds is 14. The second-order valence-electron chi connectivity index (χ2n) is 7.14. The minimum Gasteiger partial charge on any atom is -0.338 e. The molecule has 0 fully saturated rings. The van der Waals surface area contributed by atoms with E-state index in [0.717, 1.165) is 18.7 Å². The maximum absolute atomic E-state index is 11.8. The summed E-state index contributed by atoms with van der Waals surface area (Å²) >= 11 is 0. The van der Waals surface area contributed by atoms with E-state index >= 15 is 0 Å². The number of hydrogen-bond donors (Lipinski definition) is 2. The first-order chi connectivity index (χ1) is 12.2. The fraction of sp³-hybridized carbons (Fsp3) is 0.682. The van der Waals surface area contributed by atoms with Crippen LogP contribution in [0.5, 0.6) is 0 Å². The summed E-state index contributed by atoms with van der Waals surface area (Å²) in [6, 6.07) is 7.76. The van der Waals surface area contributed by atoms with Crippen molar-refractivity contribution in [3.8, 4) is 0 Å². The molecule has 0 atom stereocenters. The minimum atomic E-state index is -0.105. The lowest BCUT2D eigenvalue weighted by molar-refractivity contribution is 0.252. The topological polar surface area (TPSA) is 41.1 Å². The van der Waals surface area contributed by atoms with Crippen molar-refractivity contribution in [1.82, 2.24) is 5.32 Å². The van der Waals surface area contributed by atoms with Gasteiger partial charge in [-0.2, -0.15) is 0 Å². The number of urea groups is 1. The van der Waals surface area contributed by atoms with E-state index in [9.17, 15) is 4.79 Å². The first-order valence-electron chi connectivity index (χ1n) is 10.3. The summed E-state index contributed by atoms with van der Waals surface area (Å²) in [7, 11) is 0. The van der Waals surface area contributed by atoms with E-state index in [1.54, 1.807) is 0 Å². The van der Waals surface area contributed by atoms with E-state index in [1.807, 2.05) is 31.2 Å². The molecule has 142 valence electrons. The van der Waals surface area contributed by atoms with Crippen LogP contribution in [0.4, 0.5) is 10.5 Å². The van der Waals surface area contributed by atoms with E-state index in [1.165, 1.54) is 76.2 Å². The molecule has 0 aliphatic heterocycles. The fourth-order valence-corrected chi connectivity index (χ4v) is 2.98. The maximum atomic E-state index is 11.8. The fourth-order valence-electron chi connectivity index (χ4n) is 2.98. The molecule has 0 aromatic heterocycles. The molecule has 0 aliphatic carbocycles. The Morgan fingerprint density at radius 2 is 1.24 bits per heavy atom. The maximum Gasteiger partial charge on any atom is 0.319 e. The standard InChI is InChI=1S/C22H38N2O/c1-3-4-5-6-7-8-9-10-11-12-13-14-19-23-22(25)24-21-17-15-20(2)16-18-21/h15-18H,3-14,19H2,1-2H3,(H2,23,24,25). The molecule has 25 heavy (non-hydrogen) atoms. The zero-order valence-electron chi connectivity index (χ0n) is 16.4. The largest absolute Gasteiger partial charge is 0.338 e. The van der Waals surface area contributed by atoms with Crippen LogP contribution in [0, 0.1) is 6.92 Å². The molecule has 3 heteroatoms. The molecule has 0 unspecified atom stereocenters. The summed E-state index contributed by atoms with van der Waals surface area (Å²) in [5.41, 5.74) is 2.04. The van der Waals surface area contributed by atoms with E-state index < -0.39 is 0 Å². The molecule has 2 N–H and O–H groups in total. The Hall–Kier alpha value is -1.51. The predicted molar refractivity (Wildman–Crippen MR) is 109 cm³/mol. The van der Waals surface area contributed by atoms with Gasteiger partial charge in [0.25, 0.3) is 0 Å². The highest BCUT2D eigenvalue weighted by Gasteiger charge is 2.00. The van der Waals surface area contributed by atoms with E-state index in [0.29, 0.717) is 0 Å². The van der Waals surface area contributed by atoms with Crippen LogP contribution >= 0.6 is 0 Å². The summed E-state index contributed by atoms with van der Waals surface area (Å²) in [6.07, 6.45) is 16.1. The number of aryl methyl sites for hydroxylation is 1. The van der Waals surface area contributed by atoms with Crippen LogP contribution in [0.3, 0.4) is 0 Å². The highest BCUT2D eigenvalue weighted by atomic mass is 16.2. The highest BCUT2D eigenvalue weighted by Crippen LogP contribution is 2.12. The van der Waals surface area contributed by atoms with Crippen molar-refractivity contribution < 1.29 is 4.79 Å². The van der Waals surface area contributed by atoms with Crippen LogP contribution in [-0.4, -0.2) is 12.6 Å². The SMILES string of the molecule is CCCCCCCCCCCCCCNC(=O)Nc1ccc(C)cc1. The summed E-state index contributed by atoms with van der Waals surface area (Å²) in [5, 5.41) is 5.79. The van der Waals surface area contributed by atoms with Crippen LogP contribution in [-0.2, 0) is 0 Å². The number of amides is 2. The van der Waals surface area contributed by atoms with Crippen molar-refractivity contribution in [2.24, 2.45) is 0 Å². The monoisotopic (exact) mass is 346 g/mol. The van der Waals surface area contributed by atoms with Gasteiger partial charge >= 0.3 is 6.03 Å². The van der Waals surface area contributed by atoms with Crippen molar-refractivity contribution in [3.05, 3.63) is 29.8 Å². The third kappa shape index (κ3) is 12.5. The molecule has 3 nitrogen and oxygen atoms in total. The molecule has 0 spiro atoms. The lowest BCUT2D eigenvalue weighted by Gasteiger charge is -2.08. The van der Waals surface area contributed by atoms with Gasteiger partial charge in [-0.3, -0.25) is 0 Å². The van der Waals surface area contributed by atoms with Gasteiger partial charge in [0, 0.05) is 12.2 Å². The van der Waals surface area contributed by atoms with Crippen LogP contribution in [0.25, 0.3) is 0 Å². The Labute approximate surface area is 155 Å². The zero-order chi connectivity index (χ0) is 18.2. The Bertz CT molecular complexity index is 442. The van der Waals surface area contributed by atoms with Crippen LogP contribution in [0.2, 0.25) is 0 Å². The summed E-state index contributed by atoms with van der Waals surface area (Å²) in [6.45, 7) is 5.07. The number of carbonyl (C=O) groups is 1. The van der Waals surface area contributed by atoms with Crippen molar-refractivity contribution in [2.45, 2.75) is 90.9 Å². The van der Waals surface area contributed by atoms with Gasteiger partial charge < -0.3 is 10.6 Å². The Morgan fingerprint density at radius 1 is 0.760 bits per heavy atom. The van der Waals surface area contributed by atoms with E-state index in [-0.39, 0.29) is 6.03 Å². The van der Waals surface area contributed by atoms with Gasteiger partial charge in [0.05, 0.1) is 0 Å². The molecular formula is C22H38N2O. The number of nitrogens with one attached hydrogen (secondary N) is 2. The lowest BCUT2D eigenvalue weighted by Crippen LogP contribution is -2.29. The number of benzene rings is 1. The van der Waals surface area contributed by atoms with Crippen molar-refractivity contribution in [2.75, 3.05) is 11.9 Å². The van der Waals surface area contributed by atoms with Crippen molar-refractivity contribution in [1.29, 1.82) is 0 Å². The average Bonchev–Trinajstić information content (AvgIpc) is 2.61. The van der Waals surface area contributed by atoms with Gasteiger partial charge in [0.1, 0.15) is 0 Å². The average molecular weight is 347 g/mol. The quantitative estimate of drug-likeness (QED) is 0.357. The Balaban J connectivity index is 1.85. The Kier molecular flexibility index (Phi) is 12.7. The van der Waals surface area contributed by atoms with Crippen LogP contribution in [0.1, 0.15) is 89.5 Å². The molecule has 1 rings (SSSR count). The first-order valence-corrected chi connectivity index (χ1v) is 10.3. The van der Waals surface area contributed by atoms with E-state index in [2.05, 4.69) is 17.6 Å². The summed E-state index contributed by atoms with van der Waals surface area (Å²) in [4.78, 5) is 11.8. The van der Waals surface area contributed by atoms with Gasteiger partial charge in [0.2, 0.25) is 0 Å². The molecule has 2 amide bonds. The summed E-state index contributed by atoms with van der Waals surface area (Å²) < 4.78 is 0. The van der Waals surface area contributed by atoms with Gasteiger partial charge in [-0.05, 0) is 25.5 Å². The smallest absolute Gasteiger partial charge is 0.319 e. The molecule has 1 aromatic rings. The second-order valence-corrected chi connectivity index (χ2v) is 7.14. The molecule has 0 radical (unpaired) electrons. The normalized spacial score (nSPS) is 10.6. The van der Waals surface area contributed by atoms with Crippen LogP contribution in [0.15, 0.2) is 24.3 Å². The van der Waals surface area contributed by atoms with Crippen molar-refractivity contribution in [3.63, 3.8) is 0 Å². The molecule has 0 heterocycles. The van der Waals surface area contributed by atoms with Gasteiger partial charge in [0.15, 0.2) is 0 Å². The number of anilines is 1. The van der Waals surface area contributed by atoms with Gasteiger partial charge in [-0.1, -0.05) is 95.2 Å². The molecule has 0 aliphatic rings. The summed E-state index contributed by atoms with van der Waals surface area (Å²) in [5.74, 6) is 0. The number of unbranched alkanes of at least 4 members (excludes halogenated alkanes) is 11. The third-order valence-corrected chi connectivity index (χ3v) is 4.63. The molecule has 0 saturated carbocycles. The lowest BCUT2D eigenvalue weighted by atomic mass is 10.1. The minimum absolute atomic E-state index is 0.105. The first kappa shape index (κ1) is 21.5. The van der Waals surface area contributed by atoms with Crippen molar-refractivity contribution >= 4 is 11.7 Å².